The summed E-state index contributed by atoms with van der Waals surface area (Å²) in [5.74, 6) is 0. The Labute approximate surface area is 61.1 Å². The first-order valence-electron chi connectivity index (χ1n) is 3.34. The molecule has 0 unspecified atom stereocenters. The molecule has 4 nitrogen and oxygen atoms in total. The number of nitrogens with two attached hydrogens (primary N) is 1. The molecule has 0 radical (unpaired) electrons. The number of hydrogen-bond donors (Lipinski definition) is 3. The molecule has 0 aliphatic rings. The van der Waals surface area contributed by atoms with Gasteiger partial charge in [0.2, 0.25) is 0 Å². The lowest BCUT2D eigenvalue weighted by atomic mass is 10.2. The van der Waals surface area contributed by atoms with Gasteiger partial charge in [0.25, 0.3) is 0 Å². The van der Waals surface area contributed by atoms with Crippen LogP contribution in [0.25, 0.3) is 0 Å². The lowest BCUT2D eigenvalue weighted by Crippen LogP contribution is -2.35. The maximum Gasteiger partial charge on any atom is 0.0706 e. The molecule has 4 heteroatoms. The van der Waals surface area contributed by atoms with E-state index in [0.717, 1.165) is 6.54 Å². The quantitative estimate of drug-likeness (QED) is 0.291. The Kier molecular flexibility index (Phi) is 4.88. The highest BCUT2D eigenvalue weighted by Gasteiger charge is 2.02. The van der Waals surface area contributed by atoms with Crippen LogP contribution >= 0.6 is 0 Å². The molecular formula is C6H15N3O. The van der Waals surface area contributed by atoms with Crippen LogP contribution in [0.5, 0.6) is 0 Å². The predicted octanol–water partition coefficient (Wildman–Crippen LogP) is -0.227. The molecule has 0 saturated heterocycles. The summed E-state index contributed by atoms with van der Waals surface area (Å²) in [6.07, 6.45) is 0. The predicted molar refractivity (Wildman–Crippen MR) is 41.4 cm³/mol. The van der Waals surface area contributed by atoms with Crippen molar-refractivity contribution in [1.29, 1.82) is 0 Å². The smallest absolute Gasteiger partial charge is 0.0706 e. The monoisotopic (exact) mass is 145 g/mol. The molecule has 60 valence electrons. The zero-order chi connectivity index (χ0) is 7.98. The largest absolute Gasteiger partial charge is 0.411 e. The molecule has 0 bridgehead atoms. The van der Waals surface area contributed by atoms with E-state index in [4.69, 9.17) is 10.9 Å². The second-order valence-electron chi connectivity index (χ2n) is 2.21. The molecule has 10 heavy (non-hydrogen) atoms. The highest BCUT2D eigenvalue weighted by Crippen LogP contribution is 1.84. The first kappa shape index (κ1) is 9.39. The van der Waals surface area contributed by atoms with E-state index in [0.29, 0.717) is 12.3 Å². The van der Waals surface area contributed by atoms with Crippen LogP contribution < -0.4 is 11.1 Å². The van der Waals surface area contributed by atoms with E-state index in [2.05, 4.69) is 10.5 Å². The molecule has 0 aromatic rings. The summed E-state index contributed by atoms with van der Waals surface area (Å²) < 4.78 is 0. The highest BCUT2D eigenvalue weighted by molar-refractivity contribution is 5.86. The van der Waals surface area contributed by atoms with Crippen LogP contribution in [0, 0.1) is 0 Å². The summed E-state index contributed by atoms with van der Waals surface area (Å²) in [5, 5.41) is 14.4. The van der Waals surface area contributed by atoms with Crippen LogP contribution in [0.15, 0.2) is 5.16 Å². The standard InChI is InChI=1S/C6H15N3O/c1-5(6(2)9-10)8-4-3-7/h5,8,10H,3-4,7H2,1-2H3/b9-6+/t5-/m1/s1. The molecule has 0 rings (SSSR count). The lowest BCUT2D eigenvalue weighted by molar-refractivity contribution is 0.315. The van der Waals surface area contributed by atoms with Gasteiger partial charge in [-0.25, -0.2) is 0 Å². The van der Waals surface area contributed by atoms with Crippen LogP contribution in [-0.4, -0.2) is 30.1 Å². The number of rotatable bonds is 4. The van der Waals surface area contributed by atoms with Gasteiger partial charge in [-0.15, -0.1) is 0 Å². The zero-order valence-electron chi connectivity index (χ0n) is 6.46. The van der Waals surface area contributed by atoms with Crippen molar-refractivity contribution in [1.82, 2.24) is 5.32 Å². The average molecular weight is 145 g/mol. The maximum atomic E-state index is 8.32. The molecule has 0 aliphatic heterocycles. The fraction of sp³-hybridized carbons (Fsp3) is 0.833. The van der Waals surface area contributed by atoms with Gasteiger partial charge >= 0.3 is 0 Å². The number of hydrogen-bond acceptors (Lipinski definition) is 4. The van der Waals surface area contributed by atoms with Gasteiger partial charge in [-0.05, 0) is 13.8 Å². The Hall–Kier alpha value is -0.610. The second kappa shape index (κ2) is 5.20. The van der Waals surface area contributed by atoms with Crippen LogP contribution in [-0.2, 0) is 0 Å². The lowest BCUT2D eigenvalue weighted by Gasteiger charge is -2.10. The molecular weight excluding hydrogens is 130 g/mol. The van der Waals surface area contributed by atoms with E-state index < -0.39 is 0 Å². The van der Waals surface area contributed by atoms with E-state index >= 15 is 0 Å². The first-order valence-corrected chi connectivity index (χ1v) is 3.34. The molecule has 0 heterocycles. The van der Waals surface area contributed by atoms with E-state index in [1.807, 2.05) is 6.92 Å². The minimum atomic E-state index is 0.105. The van der Waals surface area contributed by atoms with Crippen LogP contribution in [0.2, 0.25) is 0 Å². The van der Waals surface area contributed by atoms with Gasteiger partial charge in [0.1, 0.15) is 0 Å². The van der Waals surface area contributed by atoms with Crippen molar-refractivity contribution in [3.05, 3.63) is 0 Å². The van der Waals surface area contributed by atoms with Crippen molar-refractivity contribution in [3.63, 3.8) is 0 Å². The van der Waals surface area contributed by atoms with Crippen molar-refractivity contribution in [2.24, 2.45) is 10.9 Å². The summed E-state index contributed by atoms with van der Waals surface area (Å²) >= 11 is 0. The molecule has 0 spiro atoms. The molecule has 0 saturated carbocycles. The zero-order valence-corrected chi connectivity index (χ0v) is 6.46. The Morgan fingerprint density at radius 2 is 2.40 bits per heavy atom. The normalized spacial score (nSPS) is 15.3. The fourth-order valence-electron chi connectivity index (χ4n) is 0.534. The molecule has 0 aromatic heterocycles. The molecule has 4 N–H and O–H groups in total. The van der Waals surface area contributed by atoms with Gasteiger partial charge in [0.15, 0.2) is 0 Å². The fourth-order valence-corrected chi connectivity index (χ4v) is 0.534. The minimum Gasteiger partial charge on any atom is -0.411 e. The van der Waals surface area contributed by atoms with Crippen molar-refractivity contribution in [3.8, 4) is 0 Å². The summed E-state index contributed by atoms with van der Waals surface area (Å²) in [6, 6.07) is 0.105. The van der Waals surface area contributed by atoms with E-state index in [1.54, 1.807) is 6.92 Å². The molecule has 0 aromatic carbocycles. The first-order chi connectivity index (χ1) is 4.72. The van der Waals surface area contributed by atoms with E-state index in [-0.39, 0.29) is 6.04 Å². The summed E-state index contributed by atoms with van der Waals surface area (Å²) in [6.45, 7) is 5.02. The van der Waals surface area contributed by atoms with Gasteiger partial charge < -0.3 is 16.3 Å². The Balaban J connectivity index is 3.51. The van der Waals surface area contributed by atoms with Crippen molar-refractivity contribution < 1.29 is 5.21 Å². The molecule has 0 fully saturated rings. The second-order valence-corrected chi connectivity index (χ2v) is 2.21. The maximum absolute atomic E-state index is 8.32. The average Bonchev–Trinajstić information content (AvgIpc) is 1.98. The Bertz CT molecular complexity index is 114. The third-order valence-corrected chi connectivity index (χ3v) is 1.38. The third-order valence-electron chi connectivity index (χ3n) is 1.38. The summed E-state index contributed by atoms with van der Waals surface area (Å²) in [7, 11) is 0. The van der Waals surface area contributed by atoms with Crippen molar-refractivity contribution in [2.75, 3.05) is 13.1 Å². The topological polar surface area (TPSA) is 70.6 Å². The number of nitrogens with zero attached hydrogens (tertiary/aromatic N) is 1. The van der Waals surface area contributed by atoms with Crippen LogP contribution in [0.4, 0.5) is 0 Å². The Morgan fingerprint density at radius 3 is 2.80 bits per heavy atom. The van der Waals surface area contributed by atoms with Crippen molar-refractivity contribution in [2.45, 2.75) is 19.9 Å². The third kappa shape index (κ3) is 3.42. The molecule has 0 amide bonds. The molecule has 1 atom stereocenters. The van der Waals surface area contributed by atoms with Gasteiger partial charge in [-0.2, -0.15) is 0 Å². The number of nitrogens with one attached hydrogen (secondary N) is 1. The number of oxime groups is 1. The van der Waals surface area contributed by atoms with Gasteiger partial charge in [0, 0.05) is 19.1 Å². The Morgan fingerprint density at radius 1 is 1.80 bits per heavy atom. The SMILES string of the molecule is C/C(=N\O)[C@@H](C)NCCN. The van der Waals surface area contributed by atoms with Gasteiger partial charge in [-0.1, -0.05) is 5.16 Å². The van der Waals surface area contributed by atoms with Gasteiger partial charge in [-0.3, -0.25) is 0 Å². The van der Waals surface area contributed by atoms with E-state index in [1.165, 1.54) is 0 Å². The molecule has 0 aliphatic carbocycles. The summed E-state index contributed by atoms with van der Waals surface area (Å²) in [4.78, 5) is 0. The minimum absolute atomic E-state index is 0.105. The van der Waals surface area contributed by atoms with Gasteiger partial charge in [0.05, 0.1) is 5.71 Å². The summed E-state index contributed by atoms with van der Waals surface area (Å²) in [5.41, 5.74) is 5.93. The van der Waals surface area contributed by atoms with Crippen LogP contribution in [0.3, 0.4) is 0 Å². The van der Waals surface area contributed by atoms with E-state index in [9.17, 15) is 0 Å². The highest BCUT2D eigenvalue weighted by atomic mass is 16.4. The van der Waals surface area contributed by atoms with Crippen LogP contribution in [0.1, 0.15) is 13.8 Å². The van der Waals surface area contributed by atoms with Crippen molar-refractivity contribution >= 4 is 5.71 Å².